The molecule has 0 amide bonds. The summed E-state index contributed by atoms with van der Waals surface area (Å²) >= 11 is 3.09. The lowest BCUT2D eigenvalue weighted by atomic mass is 10.3. The number of thiazole rings is 1. The Morgan fingerprint density at radius 1 is 1.47 bits per heavy atom. The molecule has 0 aliphatic rings. The first-order chi connectivity index (χ1) is 8.24. The minimum absolute atomic E-state index is 0.0280. The molecule has 0 aliphatic heterocycles. The molecule has 0 saturated heterocycles. The second kappa shape index (κ2) is 3.97. The first-order valence-corrected chi connectivity index (χ1v) is 6.71. The van der Waals surface area contributed by atoms with Gasteiger partial charge in [0.1, 0.15) is 5.69 Å². The molecule has 6 heteroatoms. The Morgan fingerprint density at radius 3 is 3.06 bits per heavy atom. The summed E-state index contributed by atoms with van der Waals surface area (Å²) in [4.78, 5) is 17.1. The van der Waals surface area contributed by atoms with Gasteiger partial charge in [-0.25, -0.2) is 4.98 Å². The summed E-state index contributed by atoms with van der Waals surface area (Å²) in [6.07, 6.45) is 1.93. The Balaban J connectivity index is 2.08. The van der Waals surface area contributed by atoms with E-state index >= 15 is 0 Å². The highest BCUT2D eigenvalue weighted by Crippen LogP contribution is 2.26. The van der Waals surface area contributed by atoms with Crippen LogP contribution in [0.2, 0.25) is 0 Å². The highest BCUT2D eigenvalue weighted by molar-refractivity contribution is 7.15. The van der Waals surface area contributed by atoms with Gasteiger partial charge in [0.25, 0.3) is 0 Å². The molecule has 0 atom stereocenters. The molecule has 0 unspecified atom stereocenters. The molecule has 0 saturated carbocycles. The van der Waals surface area contributed by atoms with E-state index in [0.29, 0.717) is 0 Å². The molecule has 0 radical (unpaired) electrons. The summed E-state index contributed by atoms with van der Waals surface area (Å²) in [5, 5.41) is 12.7. The van der Waals surface area contributed by atoms with Crippen LogP contribution in [0.3, 0.4) is 0 Å². The quantitative estimate of drug-likeness (QED) is 0.791. The second-order valence-electron chi connectivity index (χ2n) is 3.55. The third-order valence-corrected chi connectivity index (χ3v) is 4.17. The van der Waals surface area contributed by atoms with Crippen LogP contribution in [-0.2, 0) is 11.2 Å². The maximum absolute atomic E-state index is 10.7. The van der Waals surface area contributed by atoms with Crippen molar-refractivity contribution in [3.05, 3.63) is 34.8 Å². The Morgan fingerprint density at radius 2 is 2.35 bits per heavy atom. The van der Waals surface area contributed by atoms with Crippen LogP contribution in [-0.4, -0.2) is 20.5 Å². The van der Waals surface area contributed by atoms with Crippen LogP contribution in [0.25, 0.3) is 15.5 Å². The maximum atomic E-state index is 10.7. The summed E-state index contributed by atoms with van der Waals surface area (Å²) < 4.78 is 1.86. The van der Waals surface area contributed by atoms with Gasteiger partial charge in [-0.15, -0.1) is 22.7 Å². The van der Waals surface area contributed by atoms with Crippen molar-refractivity contribution in [2.75, 3.05) is 0 Å². The predicted octanol–water partition coefficient (Wildman–Crippen LogP) is 2.75. The van der Waals surface area contributed by atoms with Gasteiger partial charge in [-0.2, -0.15) is 0 Å². The molecule has 1 N–H and O–H groups in total. The van der Waals surface area contributed by atoms with E-state index in [9.17, 15) is 4.79 Å². The van der Waals surface area contributed by atoms with E-state index in [0.717, 1.165) is 21.2 Å². The lowest BCUT2D eigenvalue weighted by molar-refractivity contribution is -0.136. The number of carboxylic acids is 1. The van der Waals surface area contributed by atoms with Crippen LogP contribution < -0.4 is 0 Å². The zero-order valence-corrected chi connectivity index (χ0v) is 10.3. The average Bonchev–Trinajstić information content (AvgIpc) is 2.93. The van der Waals surface area contributed by atoms with Gasteiger partial charge >= 0.3 is 5.97 Å². The molecule has 0 bridgehead atoms. The molecule has 3 heterocycles. The Bertz CT molecular complexity index is 667. The first-order valence-electron chi connectivity index (χ1n) is 4.95. The van der Waals surface area contributed by atoms with Crippen LogP contribution in [0.4, 0.5) is 0 Å². The number of imidazole rings is 1. The van der Waals surface area contributed by atoms with E-state index in [-0.39, 0.29) is 6.42 Å². The van der Waals surface area contributed by atoms with Crippen LogP contribution >= 0.6 is 22.7 Å². The van der Waals surface area contributed by atoms with E-state index < -0.39 is 5.97 Å². The number of hydrogen-bond donors (Lipinski definition) is 1. The molecule has 3 aromatic heterocycles. The lowest BCUT2D eigenvalue weighted by Crippen LogP contribution is -2.01. The van der Waals surface area contributed by atoms with E-state index in [1.807, 2.05) is 33.5 Å². The molecule has 0 aromatic carbocycles. The molecule has 86 valence electrons. The van der Waals surface area contributed by atoms with Crippen molar-refractivity contribution >= 4 is 33.6 Å². The van der Waals surface area contributed by atoms with Crippen molar-refractivity contribution in [2.45, 2.75) is 6.42 Å². The van der Waals surface area contributed by atoms with Gasteiger partial charge in [0.05, 0.1) is 11.3 Å². The number of aliphatic carboxylic acids is 1. The van der Waals surface area contributed by atoms with Crippen molar-refractivity contribution in [3.8, 4) is 10.6 Å². The van der Waals surface area contributed by atoms with Crippen molar-refractivity contribution in [1.29, 1.82) is 0 Å². The molecule has 3 rings (SSSR count). The third-order valence-electron chi connectivity index (χ3n) is 2.39. The van der Waals surface area contributed by atoms with Crippen molar-refractivity contribution in [3.63, 3.8) is 0 Å². The number of hydrogen-bond acceptors (Lipinski definition) is 4. The predicted molar refractivity (Wildman–Crippen MR) is 67.7 cm³/mol. The molecule has 0 spiro atoms. The minimum atomic E-state index is -0.823. The molecule has 17 heavy (non-hydrogen) atoms. The molecule has 3 aromatic rings. The largest absolute Gasteiger partial charge is 0.481 e. The van der Waals surface area contributed by atoms with Gasteiger partial charge in [-0.05, 0) is 11.4 Å². The topological polar surface area (TPSA) is 54.6 Å². The van der Waals surface area contributed by atoms with Gasteiger partial charge in [0, 0.05) is 17.3 Å². The molecule has 4 nitrogen and oxygen atoms in total. The van der Waals surface area contributed by atoms with Gasteiger partial charge in [-0.1, -0.05) is 6.07 Å². The average molecular weight is 264 g/mol. The second-order valence-corrected chi connectivity index (χ2v) is 5.34. The fourth-order valence-corrected chi connectivity index (χ4v) is 3.21. The summed E-state index contributed by atoms with van der Waals surface area (Å²) in [5.74, 6) is -0.823. The van der Waals surface area contributed by atoms with Crippen molar-refractivity contribution in [1.82, 2.24) is 9.38 Å². The van der Waals surface area contributed by atoms with Gasteiger partial charge in [-0.3, -0.25) is 9.20 Å². The molecular weight excluding hydrogens is 256 g/mol. The van der Waals surface area contributed by atoms with Crippen LogP contribution in [0.1, 0.15) is 5.69 Å². The maximum Gasteiger partial charge on any atom is 0.309 e. The Labute approximate surface area is 105 Å². The van der Waals surface area contributed by atoms with Crippen LogP contribution in [0, 0.1) is 0 Å². The normalized spacial score (nSPS) is 11.1. The van der Waals surface area contributed by atoms with Gasteiger partial charge in [0.2, 0.25) is 0 Å². The van der Waals surface area contributed by atoms with Crippen LogP contribution in [0.15, 0.2) is 29.1 Å². The highest BCUT2D eigenvalue weighted by atomic mass is 32.1. The number of fused-ring (bicyclic) bond motifs is 1. The molecule has 0 fully saturated rings. The summed E-state index contributed by atoms with van der Waals surface area (Å²) in [5.41, 5.74) is 1.67. The minimum Gasteiger partial charge on any atom is -0.481 e. The zero-order valence-electron chi connectivity index (χ0n) is 8.66. The summed E-state index contributed by atoms with van der Waals surface area (Å²) in [7, 11) is 0. The fourth-order valence-electron chi connectivity index (χ4n) is 1.65. The number of carbonyl (C=O) groups is 1. The third kappa shape index (κ3) is 1.85. The summed E-state index contributed by atoms with van der Waals surface area (Å²) in [6, 6.07) is 3.99. The van der Waals surface area contributed by atoms with E-state index in [1.54, 1.807) is 11.3 Å². The Kier molecular flexibility index (Phi) is 2.45. The highest BCUT2D eigenvalue weighted by Gasteiger charge is 2.11. The molecule has 0 aliphatic carbocycles. The number of nitrogens with zero attached hydrogens (tertiary/aromatic N) is 2. The Hall–Kier alpha value is -1.66. The fraction of sp³-hybridized carbons (Fsp3) is 0.0909. The van der Waals surface area contributed by atoms with E-state index in [4.69, 9.17) is 5.11 Å². The first kappa shape index (κ1) is 10.5. The van der Waals surface area contributed by atoms with Crippen molar-refractivity contribution < 1.29 is 9.90 Å². The van der Waals surface area contributed by atoms with Crippen LogP contribution in [0.5, 0.6) is 0 Å². The monoisotopic (exact) mass is 264 g/mol. The molecular formula is C11H8N2O2S2. The smallest absolute Gasteiger partial charge is 0.309 e. The van der Waals surface area contributed by atoms with Gasteiger partial charge in [0.15, 0.2) is 4.96 Å². The number of aromatic nitrogens is 2. The number of rotatable bonds is 3. The lowest BCUT2D eigenvalue weighted by Gasteiger charge is -1.92. The summed E-state index contributed by atoms with van der Waals surface area (Å²) in [6.45, 7) is 0. The number of thiophene rings is 1. The SMILES string of the molecule is O=C(O)Cc1csc2nc(-c3cccs3)cn12. The zero-order chi connectivity index (χ0) is 11.8. The van der Waals surface area contributed by atoms with Crippen molar-refractivity contribution in [2.24, 2.45) is 0 Å². The van der Waals surface area contributed by atoms with E-state index in [2.05, 4.69) is 4.98 Å². The van der Waals surface area contributed by atoms with E-state index in [1.165, 1.54) is 11.3 Å². The standard InChI is InChI=1S/C11H8N2O2S2/c14-10(15)4-7-6-17-11-12-8(5-13(7)11)9-2-1-3-16-9/h1-3,5-6H,4H2,(H,14,15). The van der Waals surface area contributed by atoms with Gasteiger partial charge < -0.3 is 5.11 Å². The number of carboxylic acid groups (broad SMARTS) is 1.